The average Bonchev–Trinajstić information content (AvgIpc) is 2.55. The van der Waals surface area contributed by atoms with Crippen LogP contribution in [-0.2, 0) is 6.61 Å². The Morgan fingerprint density at radius 2 is 1.76 bits per heavy atom. The van der Waals surface area contributed by atoms with Crippen molar-refractivity contribution < 1.29 is 9.84 Å². The molecule has 0 aromatic heterocycles. The molecule has 2 nitrogen and oxygen atoms in total. The first-order valence-corrected chi connectivity index (χ1v) is 7.78. The Kier molecular flexibility index (Phi) is 4.56. The van der Waals surface area contributed by atoms with Gasteiger partial charge in [0.1, 0.15) is 12.4 Å². The van der Waals surface area contributed by atoms with Crippen LogP contribution in [0.3, 0.4) is 0 Å². The van der Waals surface area contributed by atoms with Gasteiger partial charge in [-0.2, -0.15) is 0 Å². The lowest BCUT2D eigenvalue weighted by Crippen LogP contribution is -2.22. The van der Waals surface area contributed by atoms with Gasteiger partial charge in [-0.25, -0.2) is 0 Å². The summed E-state index contributed by atoms with van der Waals surface area (Å²) < 4.78 is 5.88. The Balaban J connectivity index is 1.68. The first-order chi connectivity index (χ1) is 10.3. The number of hydrogen-bond acceptors (Lipinski definition) is 2. The van der Waals surface area contributed by atoms with Gasteiger partial charge >= 0.3 is 0 Å². The summed E-state index contributed by atoms with van der Waals surface area (Å²) in [6.45, 7) is 0.581. The first-order valence-electron chi connectivity index (χ1n) is 7.78. The van der Waals surface area contributed by atoms with Crippen molar-refractivity contribution in [2.24, 2.45) is 0 Å². The molecule has 0 heterocycles. The second-order valence-corrected chi connectivity index (χ2v) is 5.81. The number of aliphatic hydroxyl groups is 1. The van der Waals surface area contributed by atoms with E-state index in [4.69, 9.17) is 4.74 Å². The van der Waals surface area contributed by atoms with Crippen LogP contribution in [0.15, 0.2) is 54.6 Å². The maximum Gasteiger partial charge on any atom is 0.120 e. The lowest BCUT2D eigenvalue weighted by Gasteiger charge is -2.28. The molecule has 21 heavy (non-hydrogen) atoms. The quantitative estimate of drug-likeness (QED) is 0.906. The van der Waals surface area contributed by atoms with E-state index in [-0.39, 0.29) is 12.0 Å². The zero-order chi connectivity index (χ0) is 14.5. The molecule has 2 heteroatoms. The van der Waals surface area contributed by atoms with Gasteiger partial charge in [0.25, 0.3) is 0 Å². The number of aliphatic hydroxyl groups excluding tert-OH is 1. The Bertz CT molecular complexity index is 565. The molecule has 0 spiro atoms. The van der Waals surface area contributed by atoms with Gasteiger partial charge in [0.05, 0.1) is 6.10 Å². The molecule has 2 atom stereocenters. The molecular formula is C19H22O2. The van der Waals surface area contributed by atoms with Crippen LogP contribution in [0, 0.1) is 0 Å². The highest BCUT2D eigenvalue weighted by molar-refractivity contribution is 5.32. The van der Waals surface area contributed by atoms with E-state index in [2.05, 4.69) is 24.3 Å². The molecule has 110 valence electrons. The van der Waals surface area contributed by atoms with Crippen molar-refractivity contribution in [2.75, 3.05) is 0 Å². The summed E-state index contributed by atoms with van der Waals surface area (Å²) in [5, 5.41) is 10.2. The molecule has 1 fully saturated rings. The fourth-order valence-electron chi connectivity index (χ4n) is 3.08. The lowest BCUT2D eigenvalue weighted by atomic mass is 9.82. The first kappa shape index (κ1) is 14.2. The SMILES string of the molecule is OC1CCCCC1c1cccc(OCc2ccccc2)c1. The van der Waals surface area contributed by atoms with Crippen LogP contribution >= 0.6 is 0 Å². The Morgan fingerprint density at radius 3 is 2.57 bits per heavy atom. The second kappa shape index (κ2) is 6.77. The van der Waals surface area contributed by atoms with E-state index >= 15 is 0 Å². The van der Waals surface area contributed by atoms with E-state index in [0.29, 0.717) is 6.61 Å². The van der Waals surface area contributed by atoms with E-state index in [1.807, 2.05) is 30.3 Å². The van der Waals surface area contributed by atoms with Crippen LogP contribution in [0.4, 0.5) is 0 Å². The van der Waals surface area contributed by atoms with Crippen LogP contribution in [0.2, 0.25) is 0 Å². The molecule has 0 saturated heterocycles. The normalized spacial score (nSPS) is 22.0. The largest absolute Gasteiger partial charge is 0.489 e. The van der Waals surface area contributed by atoms with Gasteiger partial charge in [-0.1, -0.05) is 55.3 Å². The fourth-order valence-corrected chi connectivity index (χ4v) is 3.08. The van der Waals surface area contributed by atoms with Crippen molar-refractivity contribution in [1.82, 2.24) is 0 Å². The summed E-state index contributed by atoms with van der Waals surface area (Å²) in [5.74, 6) is 1.15. The van der Waals surface area contributed by atoms with Crippen molar-refractivity contribution in [3.63, 3.8) is 0 Å². The molecule has 2 aromatic rings. The van der Waals surface area contributed by atoms with Gasteiger partial charge < -0.3 is 9.84 Å². The number of hydrogen-bond donors (Lipinski definition) is 1. The maximum absolute atomic E-state index is 10.2. The van der Waals surface area contributed by atoms with Crippen molar-refractivity contribution >= 4 is 0 Å². The van der Waals surface area contributed by atoms with Crippen molar-refractivity contribution in [3.8, 4) is 5.75 Å². The number of ether oxygens (including phenoxy) is 1. The minimum atomic E-state index is -0.205. The van der Waals surface area contributed by atoms with Crippen LogP contribution < -0.4 is 4.74 Å². The van der Waals surface area contributed by atoms with Crippen molar-refractivity contribution in [1.29, 1.82) is 0 Å². The third-order valence-corrected chi connectivity index (χ3v) is 4.26. The summed E-state index contributed by atoms with van der Waals surface area (Å²) in [7, 11) is 0. The molecule has 3 rings (SSSR count). The summed E-state index contributed by atoms with van der Waals surface area (Å²) in [6.07, 6.45) is 4.13. The number of rotatable bonds is 4. The molecule has 0 amide bonds. The predicted octanol–water partition coefficient (Wildman–Crippen LogP) is 4.28. The van der Waals surface area contributed by atoms with Crippen LogP contribution in [0.5, 0.6) is 5.75 Å². The molecule has 0 radical (unpaired) electrons. The highest BCUT2D eigenvalue weighted by atomic mass is 16.5. The maximum atomic E-state index is 10.2. The monoisotopic (exact) mass is 282 g/mol. The van der Waals surface area contributed by atoms with Crippen LogP contribution in [0.1, 0.15) is 42.7 Å². The minimum Gasteiger partial charge on any atom is -0.489 e. The highest BCUT2D eigenvalue weighted by Gasteiger charge is 2.24. The van der Waals surface area contributed by atoms with E-state index in [9.17, 15) is 5.11 Å². The molecule has 1 saturated carbocycles. The molecule has 2 aromatic carbocycles. The third-order valence-electron chi connectivity index (χ3n) is 4.26. The van der Waals surface area contributed by atoms with E-state index < -0.39 is 0 Å². The Morgan fingerprint density at radius 1 is 0.952 bits per heavy atom. The number of benzene rings is 2. The second-order valence-electron chi connectivity index (χ2n) is 5.81. The smallest absolute Gasteiger partial charge is 0.120 e. The summed E-state index contributed by atoms with van der Waals surface area (Å²) in [6, 6.07) is 18.4. The fraction of sp³-hybridized carbons (Fsp3) is 0.368. The molecule has 1 aliphatic rings. The highest BCUT2D eigenvalue weighted by Crippen LogP contribution is 2.34. The molecule has 1 N–H and O–H groups in total. The molecule has 0 aliphatic heterocycles. The van der Waals surface area contributed by atoms with Gasteiger partial charge in [-0.15, -0.1) is 0 Å². The van der Waals surface area contributed by atoms with Crippen molar-refractivity contribution in [2.45, 2.75) is 44.3 Å². The molecule has 1 aliphatic carbocycles. The van der Waals surface area contributed by atoms with Gasteiger partial charge in [0.2, 0.25) is 0 Å². The van der Waals surface area contributed by atoms with Gasteiger partial charge in [0, 0.05) is 5.92 Å². The standard InChI is InChI=1S/C19H22O2/c20-19-12-5-4-11-18(19)16-9-6-10-17(13-16)21-14-15-7-2-1-3-8-15/h1-3,6-10,13,18-20H,4-5,11-12,14H2. The van der Waals surface area contributed by atoms with E-state index in [1.165, 1.54) is 17.5 Å². The average molecular weight is 282 g/mol. The Hall–Kier alpha value is -1.80. The predicted molar refractivity (Wildman–Crippen MR) is 84.4 cm³/mol. The lowest BCUT2D eigenvalue weighted by molar-refractivity contribution is 0.106. The summed E-state index contributed by atoms with van der Waals surface area (Å²) >= 11 is 0. The van der Waals surface area contributed by atoms with E-state index in [0.717, 1.165) is 25.0 Å². The minimum absolute atomic E-state index is 0.205. The molecule has 0 bridgehead atoms. The summed E-state index contributed by atoms with van der Waals surface area (Å²) in [5.41, 5.74) is 2.37. The van der Waals surface area contributed by atoms with Gasteiger partial charge in [-0.3, -0.25) is 0 Å². The Labute approximate surface area is 126 Å². The van der Waals surface area contributed by atoms with E-state index in [1.54, 1.807) is 0 Å². The van der Waals surface area contributed by atoms with Crippen LogP contribution in [-0.4, -0.2) is 11.2 Å². The van der Waals surface area contributed by atoms with Crippen LogP contribution in [0.25, 0.3) is 0 Å². The molecular weight excluding hydrogens is 260 g/mol. The van der Waals surface area contributed by atoms with Gasteiger partial charge in [0.15, 0.2) is 0 Å². The molecule has 2 unspecified atom stereocenters. The summed E-state index contributed by atoms with van der Waals surface area (Å²) in [4.78, 5) is 0. The van der Waals surface area contributed by atoms with Gasteiger partial charge in [-0.05, 0) is 36.1 Å². The zero-order valence-corrected chi connectivity index (χ0v) is 12.2. The van der Waals surface area contributed by atoms with Crippen molar-refractivity contribution in [3.05, 3.63) is 65.7 Å². The third kappa shape index (κ3) is 3.64. The zero-order valence-electron chi connectivity index (χ0n) is 12.2. The topological polar surface area (TPSA) is 29.5 Å².